The van der Waals surface area contributed by atoms with Crippen molar-refractivity contribution in [2.75, 3.05) is 0 Å². The molecule has 0 amide bonds. The van der Waals surface area contributed by atoms with E-state index in [0.717, 1.165) is 22.3 Å². The number of hydrogen-bond donors (Lipinski definition) is 1. The van der Waals surface area contributed by atoms with E-state index in [1.807, 2.05) is 16.7 Å². The normalized spacial score (nSPS) is 12.8. The van der Waals surface area contributed by atoms with Crippen LogP contribution < -0.4 is 0 Å². The van der Waals surface area contributed by atoms with Gasteiger partial charge in [0.05, 0.1) is 27.8 Å². The van der Waals surface area contributed by atoms with Gasteiger partial charge in [-0.3, -0.25) is 4.57 Å². The van der Waals surface area contributed by atoms with Gasteiger partial charge in [0.2, 0.25) is 0 Å². The highest BCUT2D eigenvalue weighted by molar-refractivity contribution is 6.32. The standard InChI is InChI=1S/C17H17ClN2O/c1-10-6-15-17(7-11(10)2)20(9-19-15)16-5-4-13(12(3)21)8-14(16)18/h4-9,12,21H,1-3H3/t12-/m0/s1. The summed E-state index contributed by atoms with van der Waals surface area (Å²) in [6, 6.07) is 9.81. The van der Waals surface area contributed by atoms with E-state index in [1.165, 1.54) is 11.1 Å². The molecule has 0 spiro atoms. The number of imidazole rings is 1. The predicted molar refractivity (Wildman–Crippen MR) is 86.2 cm³/mol. The van der Waals surface area contributed by atoms with Crippen molar-refractivity contribution in [2.24, 2.45) is 0 Å². The highest BCUT2D eigenvalue weighted by Crippen LogP contribution is 2.28. The molecular weight excluding hydrogens is 284 g/mol. The summed E-state index contributed by atoms with van der Waals surface area (Å²) in [5.74, 6) is 0. The lowest BCUT2D eigenvalue weighted by Gasteiger charge is -2.11. The topological polar surface area (TPSA) is 38.0 Å². The monoisotopic (exact) mass is 300 g/mol. The molecule has 0 fully saturated rings. The molecule has 0 aliphatic heterocycles. The quantitative estimate of drug-likeness (QED) is 0.764. The molecule has 1 N–H and O–H groups in total. The molecule has 3 nitrogen and oxygen atoms in total. The van der Waals surface area contributed by atoms with E-state index >= 15 is 0 Å². The lowest BCUT2D eigenvalue weighted by molar-refractivity contribution is 0.199. The minimum atomic E-state index is -0.527. The van der Waals surface area contributed by atoms with Gasteiger partial charge >= 0.3 is 0 Å². The Labute approximate surface area is 128 Å². The van der Waals surface area contributed by atoms with E-state index in [0.29, 0.717) is 5.02 Å². The molecule has 0 saturated carbocycles. The van der Waals surface area contributed by atoms with E-state index < -0.39 is 6.10 Å². The van der Waals surface area contributed by atoms with Crippen LogP contribution in [-0.2, 0) is 0 Å². The number of hydrogen-bond acceptors (Lipinski definition) is 2. The second-order valence-electron chi connectivity index (χ2n) is 5.43. The Hall–Kier alpha value is -1.84. The predicted octanol–water partition coefficient (Wildman–Crippen LogP) is 4.35. The average Bonchev–Trinajstić information content (AvgIpc) is 2.82. The van der Waals surface area contributed by atoms with Gasteiger partial charge in [-0.25, -0.2) is 4.98 Å². The third kappa shape index (κ3) is 2.43. The lowest BCUT2D eigenvalue weighted by Crippen LogP contribution is -1.97. The van der Waals surface area contributed by atoms with Gasteiger partial charge < -0.3 is 5.11 Å². The Bertz CT molecular complexity index is 821. The van der Waals surface area contributed by atoms with E-state index in [-0.39, 0.29) is 0 Å². The zero-order valence-electron chi connectivity index (χ0n) is 12.3. The first kappa shape index (κ1) is 14.1. The van der Waals surface area contributed by atoms with Gasteiger partial charge in [-0.15, -0.1) is 0 Å². The lowest BCUT2D eigenvalue weighted by atomic mass is 10.1. The number of halogens is 1. The Morgan fingerprint density at radius 2 is 1.86 bits per heavy atom. The number of nitrogens with zero attached hydrogens (tertiary/aromatic N) is 2. The van der Waals surface area contributed by atoms with Crippen LogP contribution in [0.15, 0.2) is 36.7 Å². The molecule has 0 saturated heterocycles. The fraction of sp³-hybridized carbons (Fsp3) is 0.235. The molecule has 108 valence electrons. The van der Waals surface area contributed by atoms with Gasteiger partial charge in [0.25, 0.3) is 0 Å². The number of aryl methyl sites for hydroxylation is 2. The van der Waals surface area contributed by atoms with Crippen LogP contribution in [0.4, 0.5) is 0 Å². The van der Waals surface area contributed by atoms with Crippen LogP contribution in [0.1, 0.15) is 29.7 Å². The Kier molecular flexibility index (Phi) is 3.47. The first-order chi connectivity index (χ1) is 9.97. The SMILES string of the molecule is Cc1cc2ncn(-c3ccc([C@H](C)O)cc3Cl)c2cc1C. The van der Waals surface area contributed by atoms with Crippen molar-refractivity contribution in [2.45, 2.75) is 26.9 Å². The Balaban J connectivity index is 2.19. The molecule has 3 rings (SSSR count). The molecule has 0 aliphatic carbocycles. The fourth-order valence-electron chi connectivity index (χ4n) is 2.43. The summed E-state index contributed by atoms with van der Waals surface area (Å²) in [5.41, 5.74) is 6.11. The van der Waals surface area contributed by atoms with E-state index in [2.05, 4.69) is 31.0 Å². The van der Waals surface area contributed by atoms with Crippen molar-refractivity contribution in [3.63, 3.8) is 0 Å². The van der Waals surface area contributed by atoms with Crippen LogP contribution >= 0.6 is 11.6 Å². The maximum absolute atomic E-state index is 9.63. The maximum atomic E-state index is 9.63. The second-order valence-corrected chi connectivity index (χ2v) is 5.83. The summed E-state index contributed by atoms with van der Waals surface area (Å²) >= 11 is 6.38. The van der Waals surface area contributed by atoms with Crippen molar-refractivity contribution in [3.8, 4) is 5.69 Å². The second kappa shape index (κ2) is 5.17. The van der Waals surface area contributed by atoms with Gasteiger partial charge in [-0.05, 0) is 61.7 Å². The van der Waals surface area contributed by atoms with Crippen LogP contribution in [0.5, 0.6) is 0 Å². The molecule has 4 heteroatoms. The van der Waals surface area contributed by atoms with Crippen molar-refractivity contribution >= 4 is 22.6 Å². The van der Waals surface area contributed by atoms with Crippen molar-refractivity contribution in [3.05, 3.63) is 58.4 Å². The number of benzene rings is 2. The molecule has 1 heterocycles. The Morgan fingerprint density at radius 1 is 1.14 bits per heavy atom. The molecule has 1 aromatic heterocycles. The third-order valence-corrected chi connectivity index (χ3v) is 4.18. The zero-order valence-corrected chi connectivity index (χ0v) is 13.0. The number of rotatable bonds is 2. The van der Waals surface area contributed by atoms with Crippen molar-refractivity contribution in [1.82, 2.24) is 9.55 Å². The van der Waals surface area contributed by atoms with Crippen LogP contribution in [0.2, 0.25) is 5.02 Å². The first-order valence-electron chi connectivity index (χ1n) is 6.89. The zero-order chi connectivity index (χ0) is 15.1. The van der Waals surface area contributed by atoms with Crippen molar-refractivity contribution in [1.29, 1.82) is 0 Å². The van der Waals surface area contributed by atoms with Gasteiger partial charge in [0.1, 0.15) is 6.33 Å². The number of fused-ring (bicyclic) bond motifs is 1. The van der Waals surface area contributed by atoms with Gasteiger partial charge in [0.15, 0.2) is 0 Å². The third-order valence-electron chi connectivity index (χ3n) is 3.88. The molecule has 0 unspecified atom stereocenters. The van der Waals surface area contributed by atoms with E-state index in [4.69, 9.17) is 11.6 Å². The molecule has 0 bridgehead atoms. The largest absolute Gasteiger partial charge is 0.389 e. The van der Waals surface area contributed by atoms with Crippen LogP contribution in [-0.4, -0.2) is 14.7 Å². The number of aliphatic hydroxyl groups excluding tert-OH is 1. The molecule has 21 heavy (non-hydrogen) atoms. The summed E-state index contributed by atoms with van der Waals surface area (Å²) in [4.78, 5) is 4.45. The average molecular weight is 301 g/mol. The van der Waals surface area contributed by atoms with Gasteiger partial charge in [-0.1, -0.05) is 17.7 Å². The minimum Gasteiger partial charge on any atom is -0.389 e. The molecule has 2 aromatic carbocycles. The number of aromatic nitrogens is 2. The highest BCUT2D eigenvalue weighted by atomic mass is 35.5. The smallest absolute Gasteiger partial charge is 0.100 e. The Morgan fingerprint density at radius 3 is 2.52 bits per heavy atom. The highest BCUT2D eigenvalue weighted by Gasteiger charge is 2.11. The van der Waals surface area contributed by atoms with Gasteiger partial charge in [0, 0.05) is 0 Å². The van der Waals surface area contributed by atoms with Crippen LogP contribution in [0.25, 0.3) is 16.7 Å². The van der Waals surface area contributed by atoms with Crippen molar-refractivity contribution < 1.29 is 5.11 Å². The van der Waals surface area contributed by atoms with Crippen LogP contribution in [0, 0.1) is 13.8 Å². The summed E-state index contributed by atoms with van der Waals surface area (Å²) in [6.45, 7) is 5.90. The fourth-order valence-corrected chi connectivity index (χ4v) is 2.71. The van der Waals surface area contributed by atoms with Crippen LogP contribution in [0.3, 0.4) is 0 Å². The summed E-state index contributed by atoms with van der Waals surface area (Å²) in [5, 5.41) is 10.2. The molecule has 1 atom stereocenters. The molecular formula is C17H17ClN2O. The summed E-state index contributed by atoms with van der Waals surface area (Å²) in [7, 11) is 0. The maximum Gasteiger partial charge on any atom is 0.100 e. The van der Waals surface area contributed by atoms with E-state index in [9.17, 15) is 5.11 Å². The molecule has 3 aromatic rings. The van der Waals surface area contributed by atoms with E-state index in [1.54, 1.807) is 19.3 Å². The van der Waals surface area contributed by atoms with Gasteiger partial charge in [-0.2, -0.15) is 0 Å². The molecule has 0 aliphatic rings. The summed E-state index contributed by atoms with van der Waals surface area (Å²) < 4.78 is 1.98. The number of aliphatic hydroxyl groups is 1. The molecule has 0 radical (unpaired) electrons. The summed E-state index contributed by atoms with van der Waals surface area (Å²) in [6.07, 6.45) is 1.26. The minimum absolute atomic E-state index is 0.527. The first-order valence-corrected chi connectivity index (χ1v) is 7.27.